The fourth-order valence-electron chi connectivity index (χ4n) is 2.21. The van der Waals surface area contributed by atoms with Crippen LogP contribution in [-0.4, -0.2) is 7.05 Å². The molecule has 1 N–H and O–H groups in total. The van der Waals surface area contributed by atoms with Gasteiger partial charge in [-0.1, -0.05) is 33.6 Å². The van der Waals surface area contributed by atoms with Gasteiger partial charge in [-0.2, -0.15) is 0 Å². The van der Waals surface area contributed by atoms with Crippen LogP contribution in [-0.2, 0) is 0 Å². The largest absolute Gasteiger partial charge is 0.309 e. The van der Waals surface area contributed by atoms with Gasteiger partial charge in [0.25, 0.3) is 0 Å². The van der Waals surface area contributed by atoms with E-state index in [0.717, 1.165) is 21.2 Å². The van der Waals surface area contributed by atoms with E-state index in [4.69, 9.17) is 11.6 Å². The van der Waals surface area contributed by atoms with Gasteiger partial charge in [-0.3, -0.25) is 0 Å². The molecule has 2 rings (SSSR count). The summed E-state index contributed by atoms with van der Waals surface area (Å²) in [6.45, 7) is 1.91. The minimum absolute atomic E-state index is 0.0180. The second-order valence-electron chi connectivity index (χ2n) is 4.43. The third-order valence-electron chi connectivity index (χ3n) is 3.05. The number of hydrogen-bond donors (Lipinski definition) is 1. The van der Waals surface area contributed by atoms with Crippen molar-refractivity contribution in [3.63, 3.8) is 0 Å². The van der Waals surface area contributed by atoms with E-state index in [1.165, 1.54) is 6.07 Å². The Morgan fingerprint density at radius 2 is 1.95 bits per heavy atom. The fourth-order valence-corrected chi connectivity index (χ4v) is 3.09. The summed E-state index contributed by atoms with van der Waals surface area (Å²) >= 11 is 9.53. The number of hydrogen-bond acceptors (Lipinski definition) is 1. The first-order chi connectivity index (χ1) is 9.01. The van der Waals surface area contributed by atoms with Crippen molar-refractivity contribution in [3.05, 3.63) is 68.4 Å². The monoisotopic (exact) mass is 341 g/mol. The van der Waals surface area contributed by atoms with E-state index >= 15 is 0 Å². The van der Waals surface area contributed by atoms with Crippen LogP contribution in [0.4, 0.5) is 4.39 Å². The second-order valence-corrected chi connectivity index (χ2v) is 5.78. The van der Waals surface area contributed by atoms with Gasteiger partial charge in [0.05, 0.1) is 6.04 Å². The van der Waals surface area contributed by atoms with E-state index < -0.39 is 0 Å². The molecule has 1 atom stereocenters. The lowest BCUT2D eigenvalue weighted by Crippen LogP contribution is -2.18. The van der Waals surface area contributed by atoms with Crippen molar-refractivity contribution >= 4 is 27.5 Å². The van der Waals surface area contributed by atoms with Gasteiger partial charge in [0, 0.05) is 9.50 Å². The van der Waals surface area contributed by atoms with Crippen LogP contribution in [0.3, 0.4) is 0 Å². The maximum atomic E-state index is 13.2. The molecule has 4 heteroatoms. The third-order valence-corrected chi connectivity index (χ3v) is 3.73. The molecule has 0 saturated heterocycles. The summed E-state index contributed by atoms with van der Waals surface area (Å²) in [5, 5.41) is 3.92. The highest BCUT2D eigenvalue weighted by atomic mass is 79.9. The van der Waals surface area contributed by atoms with Crippen LogP contribution in [0.2, 0.25) is 5.02 Å². The molecule has 2 aromatic carbocycles. The van der Waals surface area contributed by atoms with Crippen LogP contribution in [0.15, 0.2) is 40.9 Å². The van der Waals surface area contributed by atoms with Crippen molar-refractivity contribution < 1.29 is 4.39 Å². The molecule has 0 amide bonds. The first kappa shape index (κ1) is 14.5. The summed E-state index contributed by atoms with van der Waals surface area (Å²) in [5.74, 6) is -0.219. The maximum Gasteiger partial charge on any atom is 0.123 e. The van der Waals surface area contributed by atoms with Gasteiger partial charge in [0.15, 0.2) is 0 Å². The van der Waals surface area contributed by atoms with Gasteiger partial charge in [0.2, 0.25) is 0 Å². The summed E-state index contributed by atoms with van der Waals surface area (Å²) < 4.78 is 14.1. The van der Waals surface area contributed by atoms with Crippen LogP contribution in [0.25, 0.3) is 0 Å². The van der Waals surface area contributed by atoms with Crippen molar-refractivity contribution in [2.45, 2.75) is 13.0 Å². The Kier molecular flexibility index (Phi) is 4.61. The van der Waals surface area contributed by atoms with Gasteiger partial charge in [0.1, 0.15) is 5.82 Å². The molecule has 0 fully saturated rings. The summed E-state index contributed by atoms with van der Waals surface area (Å²) in [6.07, 6.45) is 0. The minimum Gasteiger partial charge on any atom is -0.309 e. The summed E-state index contributed by atoms with van der Waals surface area (Å²) in [4.78, 5) is 0. The fraction of sp³-hybridized carbons (Fsp3) is 0.200. The van der Waals surface area contributed by atoms with Gasteiger partial charge >= 0.3 is 0 Å². The molecule has 1 unspecified atom stereocenters. The zero-order valence-corrected chi connectivity index (χ0v) is 13.0. The Hall–Kier alpha value is -0.900. The molecule has 0 radical (unpaired) electrons. The average Bonchev–Trinajstić information content (AvgIpc) is 2.31. The lowest BCUT2D eigenvalue weighted by atomic mass is 9.95. The van der Waals surface area contributed by atoms with Crippen LogP contribution in [0.1, 0.15) is 22.7 Å². The van der Waals surface area contributed by atoms with Gasteiger partial charge in [-0.15, -0.1) is 0 Å². The molecule has 19 heavy (non-hydrogen) atoms. The molecule has 0 aliphatic rings. The first-order valence-corrected chi connectivity index (χ1v) is 7.07. The van der Waals surface area contributed by atoms with E-state index in [1.54, 1.807) is 12.1 Å². The van der Waals surface area contributed by atoms with Crippen LogP contribution < -0.4 is 5.32 Å². The normalized spacial score (nSPS) is 12.5. The van der Waals surface area contributed by atoms with Crippen molar-refractivity contribution in [1.29, 1.82) is 0 Å². The molecule has 0 heterocycles. The van der Waals surface area contributed by atoms with E-state index in [2.05, 4.69) is 21.2 Å². The zero-order chi connectivity index (χ0) is 14.0. The Balaban J connectivity index is 2.49. The third kappa shape index (κ3) is 3.35. The van der Waals surface area contributed by atoms with E-state index in [-0.39, 0.29) is 11.9 Å². The molecule has 0 spiro atoms. The van der Waals surface area contributed by atoms with Crippen LogP contribution >= 0.6 is 27.5 Å². The highest BCUT2D eigenvalue weighted by molar-refractivity contribution is 9.10. The lowest BCUT2D eigenvalue weighted by Gasteiger charge is -2.20. The van der Waals surface area contributed by atoms with E-state index in [0.29, 0.717) is 5.02 Å². The first-order valence-electron chi connectivity index (χ1n) is 5.90. The molecule has 2 aromatic rings. The van der Waals surface area contributed by atoms with Gasteiger partial charge in [-0.05, 0) is 61.0 Å². The Morgan fingerprint density at radius 1 is 1.21 bits per heavy atom. The quantitative estimate of drug-likeness (QED) is 0.840. The van der Waals surface area contributed by atoms with Crippen molar-refractivity contribution in [2.75, 3.05) is 7.05 Å². The molecular weight excluding hydrogens is 329 g/mol. The van der Waals surface area contributed by atoms with Gasteiger partial charge < -0.3 is 5.32 Å². The van der Waals surface area contributed by atoms with Crippen molar-refractivity contribution in [2.24, 2.45) is 0 Å². The standard InChI is InChI=1S/C15H14BrClFN/c1-9-5-13(18)3-4-14(9)15(19-2)10-6-11(16)8-12(17)7-10/h3-8,15,19H,1-2H3. The second kappa shape index (κ2) is 6.04. The predicted molar refractivity (Wildman–Crippen MR) is 81.2 cm³/mol. The van der Waals surface area contributed by atoms with E-state index in [1.807, 2.05) is 32.2 Å². The Bertz CT molecular complexity index is 580. The summed E-state index contributed by atoms with van der Waals surface area (Å²) in [6, 6.07) is 10.6. The van der Waals surface area contributed by atoms with Gasteiger partial charge in [-0.25, -0.2) is 4.39 Å². The highest BCUT2D eigenvalue weighted by Gasteiger charge is 2.15. The average molecular weight is 343 g/mol. The predicted octanol–water partition coefficient (Wildman–Crippen LogP) is 4.86. The lowest BCUT2D eigenvalue weighted by molar-refractivity contribution is 0.621. The molecule has 0 aromatic heterocycles. The highest BCUT2D eigenvalue weighted by Crippen LogP contribution is 2.29. The Morgan fingerprint density at radius 3 is 2.53 bits per heavy atom. The van der Waals surface area contributed by atoms with Crippen molar-refractivity contribution in [3.8, 4) is 0 Å². The summed E-state index contributed by atoms with van der Waals surface area (Å²) in [7, 11) is 1.88. The number of nitrogens with one attached hydrogen (secondary N) is 1. The number of halogens is 3. The molecular formula is C15H14BrClFN. The molecule has 0 aliphatic heterocycles. The summed E-state index contributed by atoms with van der Waals surface area (Å²) in [5.41, 5.74) is 2.99. The molecule has 0 bridgehead atoms. The Labute approximate surface area is 125 Å². The smallest absolute Gasteiger partial charge is 0.123 e. The van der Waals surface area contributed by atoms with Crippen LogP contribution in [0.5, 0.6) is 0 Å². The zero-order valence-electron chi connectivity index (χ0n) is 10.7. The number of benzene rings is 2. The topological polar surface area (TPSA) is 12.0 Å². The van der Waals surface area contributed by atoms with Crippen molar-refractivity contribution in [1.82, 2.24) is 5.32 Å². The SMILES string of the molecule is CNC(c1cc(Cl)cc(Br)c1)c1ccc(F)cc1C. The van der Waals surface area contributed by atoms with E-state index in [9.17, 15) is 4.39 Å². The number of rotatable bonds is 3. The van der Waals surface area contributed by atoms with Crippen LogP contribution in [0, 0.1) is 12.7 Å². The molecule has 100 valence electrons. The molecule has 1 nitrogen and oxygen atoms in total. The maximum absolute atomic E-state index is 13.2. The molecule has 0 aliphatic carbocycles. The minimum atomic E-state index is -0.219. The number of aryl methyl sites for hydroxylation is 1. The molecule has 0 saturated carbocycles.